The summed E-state index contributed by atoms with van der Waals surface area (Å²) in [7, 11) is 0. The Morgan fingerprint density at radius 3 is 1.60 bits per heavy atom. The number of nitrogens with two attached hydrogens (primary N) is 2. The normalized spacial score (nSPS) is 16.1. The molecule has 15 heteroatoms. The van der Waals surface area contributed by atoms with Crippen LogP contribution in [0.25, 0.3) is 0 Å². The van der Waals surface area contributed by atoms with Crippen molar-refractivity contribution in [1.82, 2.24) is 26.6 Å². The second kappa shape index (κ2) is 20.7. The predicted molar refractivity (Wildman–Crippen MR) is 169 cm³/mol. The average molecular weight is 644 g/mol. The maximum absolute atomic E-state index is 13.2. The summed E-state index contributed by atoms with van der Waals surface area (Å²) in [6.45, 7) is 13.8. The first-order valence-corrected chi connectivity index (χ1v) is 15.7. The summed E-state index contributed by atoms with van der Waals surface area (Å²) in [5.74, 6) is -5.04. The van der Waals surface area contributed by atoms with E-state index in [-0.39, 0.29) is 24.7 Å². The quantitative estimate of drug-likeness (QED) is 0.0697. The van der Waals surface area contributed by atoms with Crippen LogP contribution in [0, 0.1) is 17.8 Å². The Balaban J connectivity index is 5.61. The Morgan fingerprint density at radius 1 is 0.622 bits per heavy atom. The van der Waals surface area contributed by atoms with Gasteiger partial charge < -0.3 is 48.3 Å². The van der Waals surface area contributed by atoms with Crippen molar-refractivity contribution in [1.29, 1.82) is 0 Å². The number of carbonyl (C=O) groups excluding carboxylic acids is 5. The molecule has 0 aliphatic rings. The molecule has 0 rings (SSSR count). The molecule has 7 unspecified atom stereocenters. The predicted octanol–water partition coefficient (Wildman–Crippen LogP) is -0.900. The van der Waals surface area contributed by atoms with E-state index in [9.17, 15) is 39.0 Å². The number of aliphatic hydroxyl groups excluding tert-OH is 1. The number of aliphatic hydroxyl groups is 1. The standard InChI is InChI=1S/C30H57N7O8/c1-15(2)13-20(32)26(40)37-24(19(8)38)29(43)36-23(17(5)6)28(42)33-18(7)25(39)34-21(11-9-10-12-31)27(41)35-22(30(44)45)14-16(3)4/h15-24,38H,9-14,31-32H2,1-8H3,(H,33,42)(H,34,39)(H,35,41)(H,36,43)(H,37,40)(H,44,45). The van der Waals surface area contributed by atoms with E-state index in [0.717, 1.165) is 0 Å². The number of rotatable bonds is 21. The minimum Gasteiger partial charge on any atom is -0.480 e. The van der Waals surface area contributed by atoms with Crippen LogP contribution in [0.15, 0.2) is 0 Å². The number of carbonyl (C=O) groups is 6. The summed E-state index contributed by atoms with van der Waals surface area (Å²) < 4.78 is 0. The number of amides is 5. The van der Waals surface area contributed by atoms with Gasteiger partial charge in [0.25, 0.3) is 0 Å². The van der Waals surface area contributed by atoms with Gasteiger partial charge in [-0.3, -0.25) is 24.0 Å². The molecule has 0 aliphatic heterocycles. The van der Waals surface area contributed by atoms with Crippen LogP contribution in [-0.2, 0) is 28.8 Å². The molecule has 0 radical (unpaired) electrons. The third kappa shape index (κ3) is 16.0. The van der Waals surface area contributed by atoms with Gasteiger partial charge in [-0.1, -0.05) is 41.5 Å². The van der Waals surface area contributed by atoms with Crippen LogP contribution < -0.4 is 38.1 Å². The number of aliphatic carboxylic acids is 1. The molecule has 0 heterocycles. The first-order chi connectivity index (χ1) is 20.8. The van der Waals surface area contributed by atoms with Crippen molar-refractivity contribution in [3.8, 4) is 0 Å². The van der Waals surface area contributed by atoms with Gasteiger partial charge in [0.1, 0.15) is 30.2 Å². The SMILES string of the molecule is CC(C)CC(N)C(=O)NC(C(=O)NC(C(=O)NC(C)C(=O)NC(CCCCN)C(=O)NC(CC(C)C)C(=O)O)C(C)C)C(C)O. The fraction of sp³-hybridized carbons (Fsp3) is 0.800. The lowest BCUT2D eigenvalue weighted by Crippen LogP contribution is -2.61. The Hall–Kier alpha value is -3.30. The highest BCUT2D eigenvalue weighted by molar-refractivity contribution is 5.96. The second-order valence-corrected chi connectivity index (χ2v) is 12.8. The van der Waals surface area contributed by atoms with Crippen LogP contribution in [-0.4, -0.2) is 94.6 Å². The van der Waals surface area contributed by atoms with Crippen molar-refractivity contribution in [3.63, 3.8) is 0 Å². The molecule has 11 N–H and O–H groups in total. The van der Waals surface area contributed by atoms with Gasteiger partial charge in [0.15, 0.2) is 0 Å². The van der Waals surface area contributed by atoms with Crippen molar-refractivity contribution >= 4 is 35.5 Å². The van der Waals surface area contributed by atoms with E-state index < -0.39 is 83.8 Å². The first kappa shape index (κ1) is 41.7. The minimum absolute atomic E-state index is 0.00379. The molecular formula is C30H57N7O8. The zero-order valence-electron chi connectivity index (χ0n) is 28.0. The van der Waals surface area contributed by atoms with Crippen LogP contribution in [0.4, 0.5) is 0 Å². The molecule has 0 aliphatic carbocycles. The number of hydrogen-bond donors (Lipinski definition) is 9. The van der Waals surface area contributed by atoms with Crippen molar-refractivity contribution in [2.45, 2.75) is 130 Å². The molecule has 0 bridgehead atoms. The van der Waals surface area contributed by atoms with E-state index in [1.165, 1.54) is 13.8 Å². The van der Waals surface area contributed by atoms with Gasteiger partial charge in [0.05, 0.1) is 12.1 Å². The molecule has 260 valence electrons. The number of nitrogens with one attached hydrogen (secondary N) is 5. The van der Waals surface area contributed by atoms with E-state index in [2.05, 4.69) is 26.6 Å². The molecule has 0 saturated heterocycles. The summed E-state index contributed by atoms with van der Waals surface area (Å²) in [4.78, 5) is 76.5. The third-order valence-corrected chi connectivity index (χ3v) is 7.03. The summed E-state index contributed by atoms with van der Waals surface area (Å²) in [6.07, 6.45) is 0.524. The molecule has 0 aromatic carbocycles. The van der Waals surface area contributed by atoms with Gasteiger partial charge in [-0.05, 0) is 70.3 Å². The molecule has 0 fully saturated rings. The molecule has 0 saturated carbocycles. The van der Waals surface area contributed by atoms with E-state index in [1.54, 1.807) is 13.8 Å². The highest BCUT2D eigenvalue weighted by Crippen LogP contribution is 2.09. The fourth-order valence-corrected chi connectivity index (χ4v) is 4.45. The van der Waals surface area contributed by atoms with Crippen LogP contribution in [0.1, 0.15) is 87.5 Å². The molecular weight excluding hydrogens is 586 g/mol. The highest BCUT2D eigenvalue weighted by atomic mass is 16.4. The minimum atomic E-state index is -1.39. The largest absolute Gasteiger partial charge is 0.480 e. The zero-order chi connectivity index (χ0) is 35.0. The molecule has 15 nitrogen and oxygen atoms in total. The molecule has 0 aromatic rings. The Labute approximate surface area is 266 Å². The Bertz CT molecular complexity index is 989. The van der Waals surface area contributed by atoms with Gasteiger partial charge >= 0.3 is 5.97 Å². The number of carboxylic acids is 1. The van der Waals surface area contributed by atoms with Gasteiger partial charge in [-0.15, -0.1) is 0 Å². The van der Waals surface area contributed by atoms with Crippen molar-refractivity contribution in [3.05, 3.63) is 0 Å². The summed E-state index contributed by atoms with van der Waals surface area (Å²) in [5.41, 5.74) is 11.5. The summed E-state index contributed by atoms with van der Waals surface area (Å²) >= 11 is 0. The average Bonchev–Trinajstić information content (AvgIpc) is 2.91. The zero-order valence-corrected chi connectivity index (χ0v) is 28.0. The Kier molecular flexibility index (Phi) is 19.2. The molecule has 0 spiro atoms. The second-order valence-electron chi connectivity index (χ2n) is 12.8. The van der Waals surface area contributed by atoms with Crippen LogP contribution in [0.2, 0.25) is 0 Å². The van der Waals surface area contributed by atoms with E-state index in [1.807, 2.05) is 27.7 Å². The van der Waals surface area contributed by atoms with Gasteiger partial charge in [-0.2, -0.15) is 0 Å². The van der Waals surface area contributed by atoms with Gasteiger partial charge in [0.2, 0.25) is 29.5 Å². The molecule has 7 atom stereocenters. The third-order valence-electron chi connectivity index (χ3n) is 7.03. The fourth-order valence-electron chi connectivity index (χ4n) is 4.45. The van der Waals surface area contributed by atoms with Crippen molar-refractivity contribution in [2.75, 3.05) is 6.54 Å². The topological polar surface area (TPSA) is 255 Å². The Morgan fingerprint density at radius 2 is 1.13 bits per heavy atom. The number of hydrogen-bond acceptors (Lipinski definition) is 9. The molecule has 5 amide bonds. The lowest BCUT2D eigenvalue weighted by atomic mass is 10.0. The van der Waals surface area contributed by atoms with E-state index in [0.29, 0.717) is 25.8 Å². The monoisotopic (exact) mass is 643 g/mol. The maximum atomic E-state index is 13.2. The number of carboxylic acid groups (broad SMARTS) is 1. The van der Waals surface area contributed by atoms with Gasteiger partial charge in [0, 0.05) is 0 Å². The van der Waals surface area contributed by atoms with Crippen LogP contribution in [0.5, 0.6) is 0 Å². The van der Waals surface area contributed by atoms with E-state index >= 15 is 0 Å². The lowest BCUT2D eigenvalue weighted by molar-refractivity contribution is -0.142. The van der Waals surface area contributed by atoms with Crippen LogP contribution >= 0.6 is 0 Å². The maximum Gasteiger partial charge on any atom is 0.326 e. The molecule has 45 heavy (non-hydrogen) atoms. The molecule has 0 aromatic heterocycles. The van der Waals surface area contributed by atoms with Crippen molar-refractivity contribution < 1.29 is 39.0 Å². The summed E-state index contributed by atoms with van der Waals surface area (Å²) in [6, 6.07) is -6.78. The van der Waals surface area contributed by atoms with E-state index in [4.69, 9.17) is 11.5 Å². The van der Waals surface area contributed by atoms with Gasteiger partial charge in [-0.25, -0.2) is 4.79 Å². The van der Waals surface area contributed by atoms with Crippen LogP contribution in [0.3, 0.4) is 0 Å². The first-order valence-electron chi connectivity index (χ1n) is 15.7. The lowest BCUT2D eigenvalue weighted by Gasteiger charge is -2.28. The smallest absolute Gasteiger partial charge is 0.326 e. The van der Waals surface area contributed by atoms with Crippen molar-refractivity contribution in [2.24, 2.45) is 29.2 Å². The number of unbranched alkanes of at least 4 members (excludes halogenated alkanes) is 1. The summed E-state index contributed by atoms with van der Waals surface area (Å²) in [5, 5.41) is 32.3. The highest BCUT2D eigenvalue weighted by Gasteiger charge is 2.34.